The molecule has 0 spiro atoms. The molecular formula is C17H24O4. The summed E-state index contributed by atoms with van der Waals surface area (Å²) in [6.45, 7) is 7.36. The molecule has 1 rings (SSSR count). The van der Waals surface area contributed by atoms with Crippen LogP contribution in [-0.4, -0.2) is 22.3 Å². The van der Waals surface area contributed by atoms with Crippen LogP contribution in [0.5, 0.6) is 11.5 Å². The van der Waals surface area contributed by atoms with Crippen molar-refractivity contribution in [3.8, 4) is 11.5 Å². The molecule has 0 amide bonds. The third kappa shape index (κ3) is 5.14. The highest BCUT2D eigenvalue weighted by Gasteiger charge is 2.22. The second-order valence-corrected chi connectivity index (χ2v) is 5.20. The lowest BCUT2D eigenvalue weighted by Gasteiger charge is -2.24. The van der Waals surface area contributed by atoms with Gasteiger partial charge in [0.15, 0.2) is 11.5 Å². The van der Waals surface area contributed by atoms with Crippen LogP contribution in [0.1, 0.15) is 51.0 Å². The fourth-order valence-corrected chi connectivity index (χ4v) is 2.37. The average Bonchev–Trinajstić information content (AvgIpc) is 2.46. The number of carbonyl (C=O) groups is 1. The summed E-state index contributed by atoms with van der Waals surface area (Å²) in [4.78, 5) is 11.4. The van der Waals surface area contributed by atoms with Gasteiger partial charge in [0.25, 0.3) is 0 Å². The number of rotatable bonds is 8. The van der Waals surface area contributed by atoms with Gasteiger partial charge in [0.1, 0.15) is 6.10 Å². The van der Waals surface area contributed by atoms with Crippen molar-refractivity contribution in [3.63, 3.8) is 0 Å². The Bertz CT molecular complexity index is 482. The first-order valence-electron chi connectivity index (χ1n) is 7.34. The van der Waals surface area contributed by atoms with Gasteiger partial charge in [-0.3, -0.25) is 0 Å². The van der Waals surface area contributed by atoms with E-state index in [1.165, 1.54) is 12.1 Å². The molecule has 0 fully saturated rings. The summed E-state index contributed by atoms with van der Waals surface area (Å²) >= 11 is 0. The molecule has 0 saturated heterocycles. The van der Waals surface area contributed by atoms with Crippen LogP contribution in [0, 0.1) is 0 Å². The van der Waals surface area contributed by atoms with E-state index in [0.717, 1.165) is 37.3 Å². The predicted octanol–water partition coefficient (Wildman–Crippen LogP) is 3.88. The van der Waals surface area contributed by atoms with E-state index in [-0.39, 0.29) is 23.5 Å². The molecule has 2 N–H and O–H groups in total. The molecule has 0 aliphatic heterocycles. The number of unbranched alkanes of at least 4 members (excludes halogenated alkanes) is 2. The molecule has 2 atom stereocenters. The summed E-state index contributed by atoms with van der Waals surface area (Å²) in [7, 11) is 0. The normalized spacial score (nSPS) is 13.4. The lowest BCUT2D eigenvalue weighted by atomic mass is 9.88. The van der Waals surface area contributed by atoms with Gasteiger partial charge in [-0.05, 0) is 31.0 Å². The SMILES string of the molecule is C=CC(=O)OC(C)C(CCCCC)c1ccc(O)c(O)c1. The second-order valence-electron chi connectivity index (χ2n) is 5.20. The predicted molar refractivity (Wildman–Crippen MR) is 82.4 cm³/mol. The smallest absolute Gasteiger partial charge is 0.330 e. The summed E-state index contributed by atoms with van der Waals surface area (Å²) in [6.07, 6.45) is 4.89. The molecule has 21 heavy (non-hydrogen) atoms. The number of benzene rings is 1. The van der Waals surface area contributed by atoms with Crippen LogP contribution < -0.4 is 0 Å². The quantitative estimate of drug-likeness (QED) is 0.330. The molecule has 0 aliphatic rings. The number of esters is 1. The molecule has 1 aromatic carbocycles. The maximum atomic E-state index is 11.4. The van der Waals surface area contributed by atoms with Crippen LogP contribution in [0.3, 0.4) is 0 Å². The highest BCUT2D eigenvalue weighted by molar-refractivity contribution is 5.81. The summed E-state index contributed by atoms with van der Waals surface area (Å²) in [5, 5.41) is 19.1. The minimum Gasteiger partial charge on any atom is -0.504 e. The highest BCUT2D eigenvalue weighted by Crippen LogP contribution is 2.33. The Labute approximate surface area is 126 Å². The fraction of sp³-hybridized carbons (Fsp3) is 0.471. The molecule has 1 aromatic rings. The van der Waals surface area contributed by atoms with E-state index < -0.39 is 5.97 Å². The maximum absolute atomic E-state index is 11.4. The van der Waals surface area contributed by atoms with Gasteiger partial charge in [-0.15, -0.1) is 0 Å². The zero-order valence-electron chi connectivity index (χ0n) is 12.7. The standard InChI is InChI=1S/C17H24O4/c1-4-6-7-8-14(12(3)21-17(20)5-2)13-9-10-15(18)16(19)11-13/h5,9-12,14,18-19H,2,4,6-8H2,1,3H3. The molecule has 2 unspecified atom stereocenters. The molecule has 0 bridgehead atoms. The summed E-state index contributed by atoms with van der Waals surface area (Å²) in [6, 6.07) is 4.74. The van der Waals surface area contributed by atoms with Gasteiger partial charge in [-0.25, -0.2) is 4.79 Å². The highest BCUT2D eigenvalue weighted by atomic mass is 16.5. The molecule has 0 aromatic heterocycles. The van der Waals surface area contributed by atoms with Crippen molar-refractivity contribution in [1.82, 2.24) is 0 Å². The first-order chi connectivity index (χ1) is 9.99. The molecule has 0 heterocycles. The van der Waals surface area contributed by atoms with Gasteiger partial charge < -0.3 is 14.9 Å². The van der Waals surface area contributed by atoms with Gasteiger partial charge in [0.2, 0.25) is 0 Å². The van der Waals surface area contributed by atoms with E-state index in [1.807, 2.05) is 6.92 Å². The lowest BCUT2D eigenvalue weighted by molar-refractivity contribution is -0.143. The van der Waals surface area contributed by atoms with Gasteiger partial charge in [-0.1, -0.05) is 38.8 Å². The van der Waals surface area contributed by atoms with Gasteiger partial charge in [-0.2, -0.15) is 0 Å². The van der Waals surface area contributed by atoms with E-state index in [1.54, 1.807) is 6.07 Å². The molecular weight excluding hydrogens is 268 g/mol. The zero-order chi connectivity index (χ0) is 15.8. The lowest BCUT2D eigenvalue weighted by Crippen LogP contribution is -2.22. The number of hydrogen-bond donors (Lipinski definition) is 2. The largest absolute Gasteiger partial charge is 0.504 e. The average molecular weight is 292 g/mol. The Morgan fingerprint density at radius 1 is 1.33 bits per heavy atom. The third-order valence-electron chi connectivity index (χ3n) is 3.58. The zero-order valence-corrected chi connectivity index (χ0v) is 12.7. The molecule has 0 radical (unpaired) electrons. The van der Waals surface area contributed by atoms with Crippen molar-refractivity contribution in [1.29, 1.82) is 0 Å². The number of phenols is 2. The maximum Gasteiger partial charge on any atom is 0.330 e. The van der Waals surface area contributed by atoms with Crippen molar-refractivity contribution in [2.75, 3.05) is 0 Å². The van der Waals surface area contributed by atoms with Crippen LogP contribution in [0.4, 0.5) is 0 Å². The molecule has 4 heteroatoms. The second kappa shape index (κ2) is 8.35. The van der Waals surface area contributed by atoms with E-state index >= 15 is 0 Å². The van der Waals surface area contributed by atoms with E-state index in [9.17, 15) is 15.0 Å². The molecule has 0 aliphatic carbocycles. The van der Waals surface area contributed by atoms with Crippen molar-refractivity contribution in [3.05, 3.63) is 36.4 Å². The number of aromatic hydroxyl groups is 2. The summed E-state index contributed by atoms with van der Waals surface area (Å²) in [5.74, 6) is -0.782. The van der Waals surface area contributed by atoms with Crippen molar-refractivity contribution < 1.29 is 19.7 Å². The Balaban J connectivity index is 2.91. The molecule has 0 saturated carbocycles. The molecule has 116 valence electrons. The van der Waals surface area contributed by atoms with E-state index in [2.05, 4.69) is 13.5 Å². The Hall–Kier alpha value is -1.97. The van der Waals surface area contributed by atoms with Crippen molar-refractivity contribution in [2.24, 2.45) is 0 Å². The van der Waals surface area contributed by atoms with E-state index in [0.29, 0.717) is 0 Å². The van der Waals surface area contributed by atoms with Crippen LogP contribution in [0.15, 0.2) is 30.9 Å². The van der Waals surface area contributed by atoms with Crippen molar-refractivity contribution >= 4 is 5.97 Å². The van der Waals surface area contributed by atoms with Crippen LogP contribution in [-0.2, 0) is 9.53 Å². The Kier molecular flexibility index (Phi) is 6.79. The van der Waals surface area contributed by atoms with Crippen LogP contribution in [0.25, 0.3) is 0 Å². The summed E-state index contributed by atoms with van der Waals surface area (Å²) < 4.78 is 5.32. The minimum atomic E-state index is -0.453. The number of phenolic OH excluding ortho intramolecular Hbond substituents is 2. The topological polar surface area (TPSA) is 66.8 Å². The van der Waals surface area contributed by atoms with E-state index in [4.69, 9.17) is 4.74 Å². The first kappa shape index (κ1) is 17.1. The fourth-order valence-electron chi connectivity index (χ4n) is 2.37. The molecule has 4 nitrogen and oxygen atoms in total. The monoisotopic (exact) mass is 292 g/mol. The van der Waals surface area contributed by atoms with Gasteiger partial charge in [0.05, 0.1) is 0 Å². The first-order valence-corrected chi connectivity index (χ1v) is 7.34. The van der Waals surface area contributed by atoms with Crippen molar-refractivity contribution in [2.45, 2.75) is 51.6 Å². The Morgan fingerprint density at radius 3 is 2.62 bits per heavy atom. The third-order valence-corrected chi connectivity index (χ3v) is 3.58. The minimum absolute atomic E-state index is 0.0213. The van der Waals surface area contributed by atoms with Gasteiger partial charge >= 0.3 is 5.97 Å². The number of hydrogen-bond acceptors (Lipinski definition) is 4. The van der Waals surface area contributed by atoms with Crippen LogP contribution >= 0.6 is 0 Å². The Morgan fingerprint density at radius 2 is 2.05 bits per heavy atom. The van der Waals surface area contributed by atoms with Gasteiger partial charge in [0, 0.05) is 12.0 Å². The number of ether oxygens (including phenoxy) is 1. The van der Waals surface area contributed by atoms with Crippen LogP contribution in [0.2, 0.25) is 0 Å². The number of carbonyl (C=O) groups excluding carboxylic acids is 1. The summed E-state index contributed by atoms with van der Waals surface area (Å²) in [5.41, 5.74) is 0.853.